The second-order valence-electron chi connectivity index (χ2n) is 7.63. The summed E-state index contributed by atoms with van der Waals surface area (Å²) >= 11 is 0. The number of aromatic nitrogens is 2. The van der Waals surface area contributed by atoms with E-state index in [2.05, 4.69) is 11.3 Å². The average Bonchev–Trinajstić information content (AvgIpc) is 3.31. The Kier molecular flexibility index (Phi) is 4.97. The van der Waals surface area contributed by atoms with Crippen molar-refractivity contribution in [1.29, 1.82) is 0 Å². The maximum atomic E-state index is 12.8. The highest BCUT2D eigenvalue weighted by molar-refractivity contribution is 5.95. The average molecular weight is 366 g/mol. The van der Waals surface area contributed by atoms with Gasteiger partial charge in [-0.3, -0.25) is 14.3 Å². The number of nitrogens with zero attached hydrogens (tertiary/aromatic N) is 4. The normalized spacial score (nSPS) is 20.3. The number of carbonyl (C=O) groups excluding carboxylic acids is 2. The van der Waals surface area contributed by atoms with Gasteiger partial charge in [-0.15, -0.1) is 0 Å². The fraction of sp³-hybridized carbons (Fsp3) is 0.476. The maximum Gasteiger partial charge on any atom is 0.227 e. The third kappa shape index (κ3) is 3.89. The standard InChI is InChI=1S/C21H26N4O2/c1-16-13-22-25(14-16)19-4-2-10-23(15-19)21(27)12-17-6-8-18(9-7-17)24-11-3-5-20(24)26/h6-9,13-14,19H,2-5,10-12,15H2,1H3. The molecular formula is C21H26N4O2. The number of hydrogen-bond acceptors (Lipinski definition) is 3. The highest BCUT2D eigenvalue weighted by Gasteiger charge is 2.25. The summed E-state index contributed by atoms with van der Waals surface area (Å²) in [6.07, 6.45) is 7.94. The van der Waals surface area contributed by atoms with Crippen molar-refractivity contribution in [3.05, 3.63) is 47.8 Å². The molecule has 6 heteroatoms. The highest BCUT2D eigenvalue weighted by Crippen LogP contribution is 2.24. The lowest BCUT2D eigenvalue weighted by molar-refractivity contribution is -0.132. The first-order chi connectivity index (χ1) is 13.1. The molecule has 4 rings (SSSR count). The largest absolute Gasteiger partial charge is 0.340 e. The van der Waals surface area contributed by atoms with Crippen molar-refractivity contribution in [2.45, 2.75) is 45.1 Å². The molecule has 2 aliphatic rings. The fourth-order valence-corrected chi connectivity index (χ4v) is 4.03. The SMILES string of the molecule is Cc1cnn(C2CCCN(C(=O)Cc3ccc(N4CCCC4=O)cc3)C2)c1. The third-order valence-corrected chi connectivity index (χ3v) is 5.53. The molecule has 0 saturated carbocycles. The molecular weight excluding hydrogens is 340 g/mol. The minimum absolute atomic E-state index is 0.161. The second kappa shape index (κ2) is 7.55. The van der Waals surface area contributed by atoms with Gasteiger partial charge in [0.2, 0.25) is 11.8 Å². The molecule has 2 saturated heterocycles. The summed E-state index contributed by atoms with van der Waals surface area (Å²) in [5.74, 6) is 0.348. The molecule has 6 nitrogen and oxygen atoms in total. The number of hydrogen-bond donors (Lipinski definition) is 0. The van der Waals surface area contributed by atoms with Crippen LogP contribution in [0.15, 0.2) is 36.7 Å². The number of rotatable bonds is 4. The van der Waals surface area contributed by atoms with Crippen LogP contribution in [0.25, 0.3) is 0 Å². The Hall–Kier alpha value is -2.63. The van der Waals surface area contributed by atoms with Crippen molar-refractivity contribution in [1.82, 2.24) is 14.7 Å². The van der Waals surface area contributed by atoms with Gasteiger partial charge in [-0.1, -0.05) is 12.1 Å². The molecule has 1 aromatic carbocycles. The minimum atomic E-state index is 0.161. The topological polar surface area (TPSA) is 58.4 Å². The van der Waals surface area contributed by atoms with Gasteiger partial charge in [0.05, 0.1) is 18.7 Å². The van der Waals surface area contributed by atoms with Crippen molar-refractivity contribution in [2.24, 2.45) is 0 Å². The van der Waals surface area contributed by atoms with E-state index in [1.807, 2.05) is 51.9 Å². The van der Waals surface area contributed by atoms with Gasteiger partial charge >= 0.3 is 0 Å². The van der Waals surface area contributed by atoms with Gasteiger partial charge in [0.25, 0.3) is 0 Å². The van der Waals surface area contributed by atoms with E-state index in [9.17, 15) is 9.59 Å². The first-order valence-electron chi connectivity index (χ1n) is 9.78. The van der Waals surface area contributed by atoms with Crippen molar-refractivity contribution in [3.63, 3.8) is 0 Å². The van der Waals surface area contributed by atoms with Crippen LogP contribution in [0.1, 0.15) is 42.9 Å². The first kappa shape index (κ1) is 17.8. The molecule has 1 atom stereocenters. The number of likely N-dealkylation sites (tertiary alicyclic amines) is 1. The van der Waals surface area contributed by atoms with Gasteiger partial charge in [-0.05, 0) is 49.4 Å². The van der Waals surface area contributed by atoms with E-state index < -0.39 is 0 Å². The Labute approximate surface area is 159 Å². The van der Waals surface area contributed by atoms with Gasteiger partial charge < -0.3 is 9.80 Å². The molecule has 2 aliphatic heterocycles. The van der Waals surface area contributed by atoms with Crippen LogP contribution in [0.5, 0.6) is 0 Å². The van der Waals surface area contributed by atoms with E-state index in [1.165, 1.54) is 0 Å². The van der Waals surface area contributed by atoms with Crippen molar-refractivity contribution < 1.29 is 9.59 Å². The number of anilines is 1. The van der Waals surface area contributed by atoms with Crippen LogP contribution in [-0.2, 0) is 16.0 Å². The lowest BCUT2D eigenvalue weighted by atomic mass is 10.0. The number of carbonyl (C=O) groups is 2. The van der Waals surface area contributed by atoms with E-state index in [4.69, 9.17) is 0 Å². The lowest BCUT2D eigenvalue weighted by Crippen LogP contribution is -2.41. The van der Waals surface area contributed by atoms with Gasteiger partial charge in [0, 0.05) is 37.9 Å². The Morgan fingerprint density at radius 1 is 1.19 bits per heavy atom. The molecule has 2 amide bonds. The van der Waals surface area contributed by atoms with E-state index >= 15 is 0 Å². The predicted molar refractivity (Wildman–Crippen MR) is 104 cm³/mol. The van der Waals surface area contributed by atoms with E-state index in [0.717, 1.165) is 55.7 Å². The van der Waals surface area contributed by atoms with Gasteiger partial charge in [0.15, 0.2) is 0 Å². The molecule has 0 spiro atoms. The van der Waals surface area contributed by atoms with Gasteiger partial charge in [-0.25, -0.2) is 0 Å². The molecule has 2 aromatic rings. The van der Waals surface area contributed by atoms with Crippen LogP contribution >= 0.6 is 0 Å². The Morgan fingerprint density at radius 2 is 2.00 bits per heavy atom. The van der Waals surface area contributed by atoms with Gasteiger partial charge in [-0.2, -0.15) is 5.10 Å². The monoisotopic (exact) mass is 366 g/mol. The summed E-state index contributed by atoms with van der Waals surface area (Å²) in [6, 6.07) is 8.11. The molecule has 0 aliphatic carbocycles. The number of aryl methyl sites for hydroxylation is 1. The van der Waals surface area contributed by atoms with E-state index in [-0.39, 0.29) is 17.9 Å². The second-order valence-corrected chi connectivity index (χ2v) is 7.63. The van der Waals surface area contributed by atoms with Crippen LogP contribution < -0.4 is 4.90 Å². The molecule has 0 N–H and O–H groups in total. The third-order valence-electron chi connectivity index (χ3n) is 5.53. The molecule has 3 heterocycles. The Balaban J connectivity index is 1.37. The molecule has 0 radical (unpaired) electrons. The summed E-state index contributed by atoms with van der Waals surface area (Å²) in [7, 11) is 0. The number of benzene rings is 1. The quantitative estimate of drug-likeness (QED) is 0.836. The highest BCUT2D eigenvalue weighted by atomic mass is 16.2. The zero-order chi connectivity index (χ0) is 18.8. The summed E-state index contributed by atoms with van der Waals surface area (Å²) in [5, 5.41) is 4.42. The predicted octanol–water partition coefficient (Wildman–Crippen LogP) is 2.72. The number of amides is 2. The Bertz CT molecular complexity index is 827. The van der Waals surface area contributed by atoms with Crippen LogP contribution in [0.3, 0.4) is 0 Å². The van der Waals surface area contributed by atoms with Crippen LogP contribution in [-0.4, -0.2) is 46.1 Å². The van der Waals surface area contributed by atoms with Crippen LogP contribution in [0.4, 0.5) is 5.69 Å². The van der Waals surface area contributed by atoms with Crippen molar-refractivity contribution >= 4 is 17.5 Å². The van der Waals surface area contributed by atoms with Crippen LogP contribution in [0.2, 0.25) is 0 Å². The fourth-order valence-electron chi connectivity index (χ4n) is 4.03. The maximum absolute atomic E-state index is 12.8. The molecule has 1 unspecified atom stereocenters. The van der Waals surface area contributed by atoms with E-state index in [1.54, 1.807) is 0 Å². The molecule has 0 bridgehead atoms. The summed E-state index contributed by atoms with van der Waals surface area (Å²) in [5.41, 5.74) is 3.07. The van der Waals surface area contributed by atoms with Crippen LogP contribution in [0, 0.1) is 6.92 Å². The smallest absolute Gasteiger partial charge is 0.227 e. The molecule has 142 valence electrons. The summed E-state index contributed by atoms with van der Waals surface area (Å²) in [4.78, 5) is 28.4. The molecule has 27 heavy (non-hydrogen) atoms. The van der Waals surface area contributed by atoms with Crippen molar-refractivity contribution in [2.75, 3.05) is 24.5 Å². The zero-order valence-electron chi connectivity index (χ0n) is 15.8. The van der Waals surface area contributed by atoms with E-state index in [0.29, 0.717) is 12.8 Å². The first-order valence-corrected chi connectivity index (χ1v) is 9.78. The summed E-state index contributed by atoms with van der Waals surface area (Å²) < 4.78 is 2.00. The minimum Gasteiger partial charge on any atom is -0.340 e. The zero-order valence-corrected chi connectivity index (χ0v) is 15.8. The molecule has 1 aromatic heterocycles. The van der Waals surface area contributed by atoms with Gasteiger partial charge in [0.1, 0.15) is 0 Å². The number of piperidine rings is 1. The summed E-state index contributed by atoms with van der Waals surface area (Å²) in [6.45, 7) is 4.37. The van der Waals surface area contributed by atoms with Crippen molar-refractivity contribution in [3.8, 4) is 0 Å². The Morgan fingerprint density at radius 3 is 2.67 bits per heavy atom. The molecule has 2 fully saturated rings. The lowest BCUT2D eigenvalue weighted by Gasteiger charge is -2.33.